The fourth-order valence-corrected chi connectivity index (χ4v) is 4.32. The monoisotopic (exact) mass is 348 g/mol. The van der Waals surface area contributed by atoms with Gasteiger partial charge in [0.1, 0.15) is 10.6 Å². The molecule has 0 radical (unpaired) electrons. The molecule has 9 heteroatoms. The van der Waals surface area contributed by atoms with E-state index in [4.69, 9.17) is 4.74 Å². The number of sulfonamides is 1. The van der Waals surface area contributed by atoms with Gasteiger partial charge in [-0.05, 0) is 43.6 Å². The van der Waals surface area contributed by atoms with E-state index >= 15 is 0 Å². The lowest BCUT2D eigenvalue weighted by Crippen LogP contribution is -2.30. The van der Waals surface area contributed by atoms with Gasteiger partial charge in [0.15, 0.2) is 9.84 Å². The van der Waals surface area contributed by atoms with Crippen LogP contribution in [0.1, 0.15) is 6.42 Å². The van der Waals surface area contributed by atoms with Crippen LogP contribution in [-0.4, -0.2) is 49.8 Å². The molecule has 1 fully saturated rings. The summed E-state index contributed by atoms with van der Waals surface area (Å²) in [6.07, 6.45) is 1.94. The highest BCUT2D eigenvalue weighted by molar-refractivity contribution is 7.91. The zero-order valence-corrected chi connectivity index (χ0v) is 14.1. The van der Waals surface area contributed by atoms with Crippen LogP contribution in [0.5, 0.6) is 5.75 Å². The van der Waals surface area contributed by atoms with Crippen molar-refractivity contribution in [2.45, 2.75) is 16.2 Å². The number of nitrogens with one attached hydrogen (secondary N) is 2. The molecule has 0 aromatic heterocycles. The summed E-state index contributed by atoms with van der Waals surface area (Å²) < 4.78 is 55.7. The van der Waals surface area contributed by atoms with Gasteiger partial charge in [-0.15, -0.1) is 0 Å². The normalized spacial score (nSPS) is 19.3. The minimum absolute atomic E-state index is 0.0591. The summed E-state index contributed by atoms with van der Waals surface area (Å²) >= 11 is 0. The van der Waals surface area contributed by atoms with E-state index in [1.54, 1.807) is 0 Å². The summed E-state index contributed by atoms with van der Waals surface area (Å²) in [6, 6.07) is 3.81. The average Bonchev–Trinajstić information content (AvgIpc) is 2.97. The number of sulfone groups is 1. The Morgan fingerprint density at radius 2 is 2.05 bits per heavy atom. The van der Waals surface area contributed by atoms with Crippen molar-refractivity contribution in [3.63, 3.8) is 0 Å². The molecule has 1 aromatic carbocycles. The van der Waals surface area contributed by atoms with Gasteiger partial charge >= 0.3 is 0 Å². The molecule has 1 aliphatic rings. The fourth-order valence-electron chi connectivity index (χ4n) is 2.29. The maximum atomic E-state index is 12.4. The lowest BCUT2D eigenvalue weighted by atomic mass is 10.1. The average molecular weight is 348 g/mol. The summed E-state index contributed by atoms with van der Waals surface area (Å²) in [7, 11) is -6.00. The molecule has 22 heavy (non-hydrogen) atoms. The Kier molecular flexibility index (Phi) is 5.10. The zero-order valence-electron chi connectivity index (χ0n) is 12.5. The Labute approximate surface area is 131 Å². The second kappa shape index (κ2) is 6.53. The van der Waals surface area contributed by atoms with Crippen molar-refractivity contribution in [2.75, 3.05) is 33.0 Å². The third-order valence-electron chi connectivity index (χ3n) is 3.58. The molecule has 2 N–H and O–H groups in total. The van der Waals surface area contributed by atoms with Gasteiger partial charge < -0.3 is 10.1 Å². The first-order valence-electron chi connectivity index (χ1n) is 6.82. The Morgan fingerprint density at radius 3 is 2.59 bits per heavy atom. The highest BCUT2D eigenvalue weighted by Crippen LogP contribution is 2.27. The Bertz CT molecular complexity index is 738. The molecule has 1 heterocycles. The van der Waals surface area contributed by atoms with Gasteiger partial charge in [-0.1, -0.05) is 0 Å². The molecule has 1 atom stereocenters. The molecule has 0 aliphatic carbocycles. The van der Waals surface area contributed by atoms with Gasteiger partial charge in [-0.2, -0.15) is 0 Å². The van der Waals surface area contributed by atoms with Crippen molar-refractivity contribution >= 4 is 19.9 Å². The van der Waals surface area contributed by atoms with Crippen LogP contribution < -0.4 is 14.8 Å². The third-order valence-corrected chi connectivity index (χ3v) is 6.13. The van der Waals surface area contributed by atoms with E-state index in [1.807, 2.05) is 0 Å². The number of methoxy groups -OCH3 is 1. The Hall–Kier alpha value is -1.16. The number of hydrogen-bond donors (Lipinski definition) is 2. The Balaban J connectivity index is 2.31. The molecule has 7 nitrogen and oxygen atoms in total. The molecular formula is C13H20N2O5S2. The lowest BCUT2D eigenvalue weighted by Gasteiger charge is -2.14. The maximum absolute atomic E-state index is 12.4. The minimum atomic E-state index is -3.84. The molecule has 124 valence electrons. The standard InChI is InChI=1S/C13H20N2O5S2/c1-20-12-4-3-11(21(2,16)17)7-13(12)22(18,19)15-9-10-5-6-14-8-10/h3-4,7,10,14-15H,5-6,8-9H2,1-2H3. The largest absolute Gasteiger partial charge is 0.495 e. The van der Waals surface area contributed by atoms with Crippen LogP contribution in [-0.2, 0) is 19.9 Å². The smallest absolute Gasteiger partial charge is 0.244 e. The zero-order chi connectivity index (χ0) is 16.4. The molecule has 0 bridgehead atoms. The van der Waals surface area contributed by atoms with Crippen LogP contribution in [0.15, 0.2) is 28.0 Å². The van der Waals surface area contributed by atoms with E-state index in [0.717, 1.165) is 31.8 Å². The van der Waals surface area contributed by atoms with Gasteiger partial charge in [0.2, 0.25) is 10.0 Å². The summed E-state index contributed by atoms with van der Waals surface area (Å²) in [5.74, 6) is 0.350. The second-order valence-electron chi connectivity index (χ2n) is 5.30. The van der Waals surface area contributed by atoms with Gasteiger partial charge in [0.05, 0.1) is 12.0 Å². The topological polar surface area (TPSA) is 102 Å². The van der Waals surface area contributed by atoms with E-state index < -0.39 is 19.9 Å². The highest BCUT2D eigenvalue weighted by atomic mass is 32.2. The number of ether oxygens (including phenoxy) is 1. The van der Waals surface area contributed by atoms with E-state index in [-0.39, 0.29) is 21.5 Å². The fraction of sp³-hybridized carbons (Fsp3) is 0.538. The third kappa shape index (κ3) is 3.97. The van der Waals surface area contributed by atoms with Crippen LogP contribution in [0.2, 0.25) is 0 Å². The van der Waals surface area contributed by atoms with Crippen molar-refractivity contribution in [3.05, 3.63) is 18.2 Å². The van der Waals surface area contributed by atoms with Crippen molar-refractivity contribution < 1.29 is 21.6 Å². The number of hydrogen-bond acceptors (Lipinski definition) is 6. The van der Waals surface area contributed by atoms with Gasteiger partial charge in [-0.25, -0.2) is 21.6 Å². The minimum Gasteiger partial charge on any atom is -0.495 e. The predicted octanol–water partition coefficient (Wildman–Crippen LogP) is -0.0135. The first-order valence-corrected chi connectivity index (χ1v) is 10.2. The molecule has 1 unspecified atom stereocenters. The number of benzene rings is 1. The summed E-state index contributed by atoms with van der Waals surface area (Å²) in [4.78, 5) is -0.222. The molecule has 0 amide bonds. The molecule has 0 saturated carbocycles. The first kappa shape index (κ1) is 17.2. The van der Waals surface area contributed by atoms with Crippen molar-refractivity contribution in [2.24, 2.45) is 5.92 Å². The first-order chi connectivity index (χ1) is 10.2. The van der Waals surface area contributed by atoms with Crippen LogP contribution in [0, 0.1) is 5.92 Å². The highest BCUT2D eigenvalue weighted by Gasteiger charge is 2.24. The van der Waals surface area contributed by atoms with E-state index in [9.17, 15) is 16.8 Å². The second-order valence-corrected chi connectivity index (χ2v) is 9.05. The summed E-state index contributed by atoms with van der Waals surface area (Å²) in [5.41, 5.74) is 0. The Morgan fingerprint density at radius 1 is 1.32 bits per heavy atom. The molecule has 1 aromatic rings. The quantitative estimate of drug-likeness (QED) is 0.750. The maximum Gasteiger partial charge on any atom is 0.244 e. The van der Waals surface area contributed by atoms with Crippen LogP contribution in [0.25, 0.3) is 0 Å². The molecular weight excluding hydrogens is 328 g/mol. The molecule has 1 aliphatic heterocycles. The molecule has 0 spiro atoms. The summed E-state index contributed by atoms with van der Waals surface area (Å²) in [5, 5.41) is 3.16. The van der Waals surface area contributed by atoms with E-state index in [0.29, 0.717) is 6.54 Å². The van der Waals surface area contributed by atoms with Crippen LogP contribution >= 0.6 is 0 Å². The van der Waals surface area contributed by atoms with Crippen molar-refractivity contribution in [1.82, 2.24) is 10.0 Å². The van der Waals surface area contributed by atoms with E-state index in [1.165, 1.54) is 19.2 Å². The van der Waals surface area contributed by atoms with Crippen molar-refractivity contribution in [3.8, 4) is 5.75 Å². The van der Waals surface area contributed by atoms with Crippen LogP contribution in [0.4, 0.5) is 0 Å². The number of rotatable bonds is 6. The van der Waals surface area contributed by atoms with E-state index in [2.05, 4.69) is 10.0 Å². The summed E-state index contributed by atoms with van der Waals surface area (Å²) in [6.45, 7) is 1.95. The lowest BCUT2D eigenvalue weighted by molar-refractivity contribution is 0.401. The predicted molar refractivity (Wildman–Crippen MR) is 82.3 cm³/mol. The van der Waals surface area contributed by atoms with Gasteiger partial charge in [0, 0.05) is 12.8 Å². The SMILES string of the molecule is COc1ccc(S(C)(=O)=O)cc1S(=O)(=O)NCC1CCNC1. The van der Waals surface area contributed by atoms with Gasteiger partial charge in [-0.3, -0.25) is 0 Å². The molecule has 2 rings (SSSR count). The van der Waals surface area contributed by atoms with Crippen LogP contribution in [0.3, 0.4) is 0 Å². The van der Waals surface area contributed by atoms with Crippen molar-refractivity contribution in [1.29, 1.82) is 0 Å². The molecule has 1 saturated heterocycles. The van der Waals surface area contributed by atoms with Gasteiger partial charge in [0.25, 0.3) is 0 Å².